The number of carbonyl (C=O) groups excluding carboxylic acids is 2. The fourth-order valence-corrected chi connectivity index (χ4v) is 6.05. The van der Waals surface area contributed by atoms with E-state index in [1.165, 1.54) is 59.1 Å². The van der Waals surface area contributed by atoms with Gasteiger partial charge in [0.1, 0.15) is 10.0 Å². The second-order valence-corrected chi connectivity index (χ2v) is 13.4. The van der Waals surface area contributed by atoms with Crippen LogP contribution in [-0.4, -0.2) is 49.4 Å². The highest BCUT2D eigenvalue weighted by Crippen LogP contribution is 2.21. The topological polar surface area (TPSA) is 210 Å². The number of amides is 2. The molecule has 0 aliphatic carbocycles. The molecule has 2 aromatic carbocycles. The number of primary sulfonamides is 1. The summed E-state index contributed by atoms with van der Waals surface area (Å²) in [5, 5.41) is 29.1. The van der Waals surface area contributed by atoms with Crippen molar-refractivity contribution in [3.63, 3.8) is 0 Å². The van der Waals surface area contributed by atoms with Gasteiger partial charge in [0.2, 0.25) is 32.1 Å². The fraction of sp³-hybridized carbons (Fsp3) is 0.250. The van der Waals surface area contributed by atoms with Crippen LogP contribution in [0.1, 0.15) is 34.0 Å². The Bertz CT molecular complexity index is 1640. The number of nitrogens with zero attached hydrogens (tertiary/aromatic N) is 4. The molecular formula is C24H24N7O6S4-. The zero-order valence-corrected chi connectivity index (χ0v) is 24.6. The van der Waals surface area contributed by atoms with E-state index in [2.05, 4.69) is 31.0 Å². The summed E-state index contributed by atoms with van der Waals surface area (Å²) < 4.78 is 44.5. The van der Waals surface area contributed by atoms with Gasteiger partial charge in [0.15, 0.2) is 0 Å². The van der Waals surface area contributed by atoms with Crippen molar-refractivity contribution in [2.24, 2.45) is 5.14 Å². The van der Waals surface area contributed by atoms with Crippen molar-refractivity contribution in [3.05, 3.63) is 69.7 Å². The third-order valence-electron chi connectivity index (χ3n) is 5.55. The van der Waals surface area contributed by atoms with Gasteiger partial charge in [-0.25, -0.2) is 13.6 Å². The molecule has 4 N–H and O–H groups in total. The second-order valence-electron chi connectivity index (χ2n) is 8.73. The zero-order valence-electron chi connectivity index (χ0n) is 21.3. The SMILES string of the molecule is NS(=O)(=O)c1ccc(CC(=O)Nc2nnc(CCCCc3nnc(NC(=O)Cc4ccc(S(=O)[O-])cc4)s3)s2)cc1. The number of nitrogens with one attached hydrogen (secondary N) is 2. The summed E-state index contributed by atoms with van der Waals surface area (Å²) in [5.41, 5.74) is 1.31. The minimum Gasteiger partial charge on any atom is -0.768 e. The van der Waals surface area contributed by atoms with E-state index < -0.39 is 21.1 Å². The first-order chi connectivity index (χ1) is 19.5. The minimum atomic E-state index is -3.79. The van der Waals surface area contributed by atoms with E-state index in [1.807, 2.05) is 0 Å². The molecule has 17 heteroatoms. The minimum absolute atomic E-state index is 0.0213. The average Bonchev–Trinajstić information content (AvgIpc) is 3.55. The van der Waals surface area contributed by atoms with Crippen molar-refractivity contribution in [1.82, 2.24) is 20.4 Å². The zero-order chi connectivity index (χ0) is 29.4. The maximum Gasteiger partial charge on any atom is 0.238 e. The molecule has 0 fully saturated rings. The number of aryl methyl sites for hydroxylation is 2. The lowest BCUT2D eigenvalue weighted by atomic mass is 10.1. The van der Waals surface area contributed by atoms with E-state index in [1.54, 1.807) is 12.1 Å². The van der Waals surface area contributed by atoms with Gasteiger partial charge in [-0.15, -0.1) is 20.4 Å². The van der Waals surface area contributed by atoms with Gasteiger partial charge in [0.05, 0.1) is 17.7 Å². The summed E-state index contributed by atoms with van der Waals surface area (Å²) >= 11 is 0.269. The Morgan fingerprint density at radius 1 is 0.780 bits per heavy atom. The summed E-state index contributed by atoms with van der Waals surface area (Å²) in [6, 6.07) is 11.8. The number of unbranched alkanes of at least 4 members (excludes halogenated alkanes) is 1. The summed E-state index contributed by atoms with van der Waals surface area (Å²) in [5.74, 6) is -0.576. The summed E-state index contributed by atoms with van der Waals surface area (Å²) in [7, 11) is -3.79. The van der Waals surface area contributed by atoms with E-state index in [4.69, 9.17) is 5.14 Å². The Labute approximate surface area is 246 Å². The Hall–Kier alpha value is -3.48. The molecule has 0 radical (unpaired) electrons. The molecule has 1 unspecified atom stereocenters. The highest BCUT2D eigenvalue weighted by molar-refractivity contribution is 7.89. The largest absolute Gasteiger partial charge is 0.768 e. The number of carbonyl (C=O) groups is 2. The average molecular weight is 635 g/mol. The highest BCUT2D eigenvalue weighted by Gasteiger charge is 2.12. The third-order valence-corrected chi connectivity index (χ3v) is 8.94. The van der Waals surface area contributed by atoms with Gasteiger partial charge in [-0.05, 0) is 59.3 Å². The van der Waals surface area contributed by atoms with E-state index in [-0.39, 0.29) is 34.4 Å². The summed E-state index contributed by atoms with van der Waals surface area (Å²) in [4.78, 5) is 24.7. The number of nitrogens with two attached hydrogens (primary N) is 1. The van der Waals surface area contributed by atoms with Gasteiger partial charge in [0, 0.05) is 17.7 Å². The van der Waals surface area contributed by atoms with Crippen molar-refractivity contribution < 1.29 is 26.8 Å². The molecule has 0 spiro atoms. The van der Waals surface area contributed by atoms with Crippen LogP contribution in [0.2, 0.25) is 0 Å². The Kier molecular flexibility index (Phi) is 10.4. The normalized spacial score (nSPS) is 12.1. The van der Waals surface area contributed by atoms with Crippen LogP contribution >= 0.6 is 22.7 Å². The summed E-state index contributed by atoms with van der Waals surface area (Å²) in [6.07, 6.45) is 3.09. The van der Waals surface area contributed by atoms with E-state index in [0.29, 0.717) is 34.2 Å². The quantitative estimate of drug-likeness (QED) is 0.144. The second kappa shape index (κ2) is 13.9. The van der Waals surface area contributed by atoms with Gasteiger partial charge in [-0.3, -0.25) is 13.8 Å². The van der Waals surface area contributed by atoms with Crippen LogP contribution in [0.5, 0.6) is 0 Å². The van der Waals surface area contributed by atoms with Gasteiger partial charge in [-0.2, -0.15) is 0 Å². The molecule has 2 heterocycles. The van der Waals surface area contributed by atoms with Crippen molar-refractivity contribution in [2.75, 3.05) is 10.6 Å². The van der Waals surface area contributed by atoms with Crippen LogP contribution in [0.4, 0.5) is 10.3 Å². The molecule has 4 aromatic rings. The smallest absolute Gasteiger partial charge is 0.238 e. The number of rotatable bonds is 13. The lowest BCUT2D eigenvalue weighted by molar-refractivity contribution is -0.116. The third kappa shape index (κ3) is 9.55. The van der Waals surface area contributed by atoms with E-state index >= 15 is 0 Å². The fourth-order valence-electron chi connectivity index (χ4n) is 3.58. The number of anilines is 2. The van der Waals surface area contributed by atoms with Crippen LogP contribution in [0.3, 0.4) is 0 Å². The number of hydrogen-bond acceptors (Lipinski definition) is 12. The first-order valence-electron chi connectivity index (χ1n) is 12.1. The molecule has 1 atom stereocenters. The van der Waals surface area contributed by atoms with Crippen molar-refractivity contribution >= 4 is 65.9 Å². The molecular weight excluding hydrogens is 611 g/mol. The molecule has 0 aliphatic rings. The van der Waals surface area contributed by atoms with Gasteiger partial charge in [0.25, 0.3) is 0 Å². The Morgan fingerprint density at radius 3 is 1.63 bits per heavy atom. The first kappa shape index (κ1) is 30.5. The van der Waals surface area contributed by atoms with Crippen LogP contribution < -0.4 is 15.8 Å². The molecule has 13 nitrogen and oxygen atoms in total. The van der Waals surface area contributed by atoms with Crippen LogP contribution in [0, 0.1) is 0 Å². The molecule has 2 amide bonds. The molecule has 0 saturated carbocycles. The monoisotopic (exact) mass is 634 g/mol. The molecule has 0 bridgehead atoms. The number of hydrogen-bond donors (Lipinski definition) is 3. The lowest BCUT2D eigenvalue weighted by Gasteiger charge is -2.06. The first-order valence-corrected chi connectivity index (χ1v) is 16.3. The number of aromatic nitrogens is 4. The standard InChI is InChI=1S/C24H25N7O6S4/c25-41(36,37)18-11-7-16(8-12-18)14-20(33)27-24-31-29-22(39-24)4-2-1-3-21-28-30-23(38-21)26-19(32)13-15-5-9-17(10-6-15)40(34)35/h5-12H,1-4,13-14H2,(H,34,35)(H2,25,36,37)(H,26,30,32)(H,27,31,33)/p-1. The number of sulfonamides is 1. The Morgan fingerprint density at radius 2 is 1.22 bits per heavy atom. The van der Waals surface area contributed by atoms with Crippen LogP contribution in [0.15, 0.2) is 58.3 Å². The maximum atomic E-state index is 12.3. The van der Waals surface area contributed by atoms with Crippen molar-refractivity contribution in [2.45, 2.75) is 48.3 Å². The molecule has 0 saturated heterocycles. The van der Waals surface area contributed by atoms with Gasteiger partial charge >= 0.3 is 0 Å². The molecule has 41 heavy (non-hydrogen) atoms. The van der Waals surface area contributed by atoms with E-state index in [0.717, 1.165) is 22.9 Å². The van der Waals surface area contributed by atoms with Crippen LogP contribution in [-0.2, 0) is 56.4 Å². The molecule has 4 rings (SSSR count). The molecule has 0 aliphatic heterocycles. The molecule has 2 aromatic heterocycles. The highest BCUT2D eigenvalue weighted by atomic mass is 32.2. The lowest BCUT2D eigenvalue weighted by Crippen LogP contribution is -2.15. The molecule has 216 valence electrons. The van der Waals surface area contributed by atoms with E-state index in [9.17, 15) is 26.8 Å². The van der Waals surface area contributed by atoms with Crippen LogP contribution in [0.25, 0.3) is 0 Å². The predicted octanol–water partition coefficient (Wildman–Crippen LogP) is 2.20. The Balaban J connectivity index is 1.15. The predicted molar refractivity (Wildman–Crippen MR) is 153 cm³/mol. The number of benzene rings is 2. The van der Waals surface area contributed by atoms with Crippen molar-refractivity contribution in [3.8, 4) is 0 Å². The maximum absolute atomic E-state index is 12.3. The summed E-state index contributed by atoms with van der Waals surface area (Å²) in [6.45, 7) is 0. The van der Waals surface area contributed by atoms with Gasteiger partial charge in [-0.1, -0.05) is 46.9 Å². The van der Waals surface area contributed by atoms with Crippen molar-refractivity contribution in [1.29, 1.82) is 0 Å². The van der Waals surface area contributed by atoms with Gasteiger partial charge < -0.3 is 15.2 Å².